The van der Waals surface area contributed by atoms with Crippen LogP contribution in [0.4, 0.5) is 0 Å². The summed E-state index contributed by atoms with van der Waals surface area (Å²) in [6.07, 6.45) is 6.40. The molecule has 1 heterocycles. The molecule has 0 radical (unpaired) electrons. The van der Waals surface area contributed by atoms with Gasteiger partial charge in [0, 0.05) is 24.5 Å². The molecule has 0 aliphatic heterocycles. The molecule has 1 aromatic heterocycles. The molecule has 6 heteroatoms. The zero-order chi connectivity index (χ0) is 27.5. The van der Waals surface area contributed by atoms with Crippen molar-refractivity contribution in [1.29, 1.82) is 0 Å². The standard InChI is InChI=1S/C33H40ClN3O2/c1-3-25(2)27-15-19-29(20-16-27)39-23-9-22-37-31-11-7-6-10-30(31)36-32(37)12-5-4-8-21-35-33(38)24-26-13-17-28(34)18-14-26/h6-7,10-11,13-20,25H,3-5,8-9,12,21-24H2,1-2H3,(H,35,38). The third-order valence-corrected chi connectivity index (χ3v) is 7.52. The number of halogens is 1. The summed E-state index contributed by atoms with van der Waals surface area (Å²) in [5, 5.41) is 3.71. The molecule has 0 aliphatic rings. The Morgan fingerprint density at radius 3 is 2.51 bits per heavy atom. The molecule has 206 valence electrons. The summed E-state index contributed by atoms with van der Waals surface area (Å²) in [6, 6.07) is 24.3. The van der Waals surface area contributed by atoms with Gasteiger partial charge >= 0.3 is 0 Å². The van der Waals surface area contributed by atoms with Crippen LogP contribution in [-0.4, -0.2) is 28.6 Å². The molecule has 0 aliphatic carbocycles. The van der Waals surface area contributed by atoms with Crippen LogP contribution in [0.3, 0.4) is 0 Å². The van der Waals surface area contributed by atoms with Gasteiger partial charge in [0.1, 0.15) is 11.6 Å². The maximum Gasteiger partial charge on any atom is 0.224 e. The first-order valence-corrected chi connectivity index (χ1v) is 14.6. The molecule has 0 fully saturated rings. The number of imidazole rings is 1. The van der Waals surface area contributed by atoms with Crippen LogP contribution in [0.15, 0.2) is 72.8 Å². The Hall–Kier alpha value is -3.31. The summed E-state index contributed by atoms with van der Waals surface area (Å²) in [5.74, 6) is 2.68. The van der Waals surface area contributed by atoms with E-state index in [1.54, 1.807) is 0 Å². The predicted octanol–water partition coefficient (Wildman–Crippen LogP) is 7.74. The number of hydrogen-bond acceptors (Lipinski definition) is 3. The average molecular weight is 546 g/mol. The molecule has 1 amide bonds. The van der Waals surface area contributed by atoms with E-state index in [1.807, 2.05) is 30.3 Å². The van der Waals surface area contributed by atoms with Crippen LogP contribution in [0.5, 0.6) is 5.75 Å². The molecule has 1 atom stereocenters. The number of para-hydroxylation sites is 2. The number of benzene rings is 3. The number of carbonyl (C=O) groups is 1. The van der Waals surface area contributed by atoms with Gasteiger partial charge in [-0.05, 0) is 79.1 Å². The van der Waals surface area contributed by atoms with Crippen molar-refractivity contribution in [1.82, 2.24) is 14.9 Å². The van der Waals surface area contributed by atoms with Crippen molar-refractivity contribution >= 4 is 28.5 Å². The highest BCUT2D eigenvalue weighted by molar-refractivity contribution is 6.30. The summed E-state index contributed by atoms with van der Waals surface area (Å²) in [4.78, 5) is 17.1. The SMILES string of the molecule is CCC(C)c1ccc(OCCCn2c(CCCCCNC(=O)Cc3ccc(Cl)cc3)nc3ccccc32)cc1. The van der Waals surface area contributed by atoms with Crippen molar-refractivity contribution in [2.45, 2.75) is 71.3 Å². The quantitative estimate of drug-likeness (QED) is 0.155. The van der Waals surface area contributed by atoms with E-state index in [2.05, 4.69) is 66.2 Å². The average Bonchev–Trinajstić information content (AvgIpc) is 3.31. The number of ether oxygens (including phenoxy) is 1. The first-order valence-electron chi connectivity index (χ1n) is 14.2. The maximum absolute atomic E-state index is 12.2. The summed E-state index contributed by atoms with van der Waals surface area (Å²) in [6.45, 7) is 6.71. The summed E-state index contributed by atoms with van der Waals surface area (Å²) in [5.41, 5.74) is 4.56. The second-order valence-corrected chi connectivity index (χ2v) is 10.6. The molecular weight excluding hydrogens is 506 g/mol. The monoisotopic (exact) mass is 545 g/mol. The fourth-order valence-electron chi connectivity index (χ4n) is 4.77. The van der Waals surface area contributed by atoms with Crippen molar-refractivity contribution in [3.63, 3.8) is 0 Å². The third kappa shape index (κ3) is 8.59. The lowest BCUT2D eigenvalue weighted by Crippen LogP contribution is -2.26. The number of hydrogen-bond donors (Lipinski definition) is 1. The molecule has 1 unspecified atom stereocenters. The van der Waals surface area contributed by atoms with Gasteiger partial charge in [0.15, 0.2) is 0 Å². The number of nitrogens with zero attached hydrogens (tertiary/aromatic N) is 2. The molecule has 0 saturated heterocycles. The van der Waals surface area contributed by atoms with Crippen LogP contribution in [0.1, 0.15) is 68.8 Å². The second-order valence-electron chi connectivity index (χ2n) is 10.2. The fraction of sp³-hybridized carbons (Fsp3) is 0.394. The lowest BCUT2D eigenvalue weighted by Gasteiger charge is -2.12. The highest BCUT2D eigenvalue weighted by Gasteiger charge is 2.11. The first kappa shape index (κ1) is 28.7. The number of aryl methyl sites for hydroxylation is 2. The van der Waals surface area contributed by atoms with Gasteiger partial charge in [-0.15, -0.1) is 0 Å². The number of aromatic nitrogens is 2. The minimum Gasteiger partial charge on any atom is -0.494 e. The zero-order valence-electron chi connectivity index (χ0n) is 23.2. The van der Waals surface area contributed by atoms with Crippen LogP contribution in [0.25, 0.3) is 11.0 Å². The Morgan fingerprint density at radius 2 is 1.74 bits per heavy atom. The summed E-state index contributed by atoms with van der Waals surface area (Å²) >= 11 is 5.92. The van der Waals surface area contributed by atoms with Gasteiger partial charge in [-0.25, -0.2) is 4.98 Å². The highest BCUT2D eigenvalue weighted by atomic mass is 35.5. The van der Waals surface area contributed by atoms with Gasteiger partial charge in [0.2, 0.25) is 5.91 Å². The van der Waals surface area contributed by atoms with Crippen molar-refractivity contribution in [2.75, 3.05) is 13.2 Å². The Kier molecular flexibility index (Phi) is 10.8. The predicted molar refractivity (Wildman–Crippen MR) is 161 cm³/mol. The van der Waals surface area contributed by atoms with Gasteiger partial charge in [-0.1, -0.05) is 68.3 Å². The van der Waals surface area contributed by atoms with Crippen molar-refractivity contribution in [2.24, 2.45) is 0 Å². The molecule has 4 aromatic rings. The van der Waals surface area contributed by atoms with E-state index in [9.17, 15) is 4.79 Å². The molecule has 5 nitrogen and oxygen atoms in total. The van der Waals surface area contributed by atoms with Crippen LogP contribution >= 0.6 is 11.6 Å². The molecule has 1 N–H and O–H groups in total. The smallest absolute Gasteiger partial charge is 0.224 e. The van der Waals surface area contributed by atoms with Crippen molar-refractivity contribution in [3.8, 4) is 5.75 Å². The van der Waals surface area contributed by atoms with Crippen LogP contribution in [-0.2, 0) is 24.2 Å². The van der Waals surface area contributed by atoms with Crippen molar-refractivity contribution in [3.05, 3.63) is 94.8 Å². The van der Waals surface area contributed by atoms with Gasteiger partial charge in [0.05, 0.1) is 24.1 Å². The number of amides is 1. The molecule has 3 aromatic carbocycles. The Labute approximate surface area is 237 Å². The zero-order valence-corrected chi connectivity index (χ0v) is 23.9. The molecule has 39 heavy (non-hydrogen) atoms. The topological polar surface area (TPSA) is 56.1 Å². The van der Waals surface area contributed by atoms with Crippen LogP contribution < -0.4 is 10.1 Å². The normalized spacial score (nSPS) is 12.0. The van der Waals surface area contributed by atoms with E-state index < -0.39 is 0 Å². The molecule has 4 rings (SSSR count). The van der Waals surface area contributed by atoms with E-state index in [0.29, 0.717) is 30.5 Å². The highest BCUT2D eigenvalue weighted by Crippen LogP contribution is 2.22. The lowest BCUT2D eigenvalue weighted by molar-refractivity contribution is -0.120. The van der Waals surface area contributed by atoms with Gasteiger partial charge < -0.3 is 14.6 Å². The largest absolute Gasteiger partial charge is 0.494 e. The maximum atomic E-state index is 12.2. The Morgan fingerprint density at radius 1 is 0.974 bits per heavy atom. The van der Waals surface area contributed by atoms with Gasteiger partial charge in [-0.3, -0.25) is 4.79 Å². The van der Waals surface area contributed by atoms with E-state index in [1.165, 1.54) is 11.1 Å². The minimum atomic E-state index is 0.0489. The van der Waals surface area contributed by atoms with Gasteiger partial charge in [-0.2, -0.15) is 0 Å². The number of carbonyl (C=O) groups excluding carboxylic acids is 1. The van der Waals surface area contributed by atoms with E-state index >= 15 is 0 Å². The van der Waals surface area contributed by atoms with E-state index in [0.717, 1.165) is 67.7 Å². The number of fused-ring (bicyclic) bond motifs is 1. The number of nitrogens with one attached hydrogen (secondary N) is 1. The first-order chi connectivity index (χ1) is 19.0. The third-order valence-electron chi connectivity index (χ3n) is 7.27. The van der Waals surface area contributed by atoms with Crippen LogP contribution in [0.2, 0.25) is 5.02 Å². The Balaban J connectivity index is 1.20. The minimum absolute atomic E-state index is 0.0489. The second kappa shape index (κ2) is 14.7. The number of unbranched alkanes of at least 4 members (excludes halogenated alkanes) is 2. The van der Waals surface area contributed by atoms with Crippen LogP contribution in [0, 0.1) is 0 Å². The lowest BCUT2D eigenvalue weighted by atomic mass is 9.99. The molecular formula is C33H40ClN3O2. The van der Waals surface area contributed by atoms with E-state index in [4.69, 9.17) is 21.3 Å². The van der Waals surface area contributed by atoms with Gasteiger partial charge in [0.25, 0.3) is 0 Å². The van der Waals surface area contributed by atoms with Crippen molar-refractivity contribution < 1.29 is 9.53 Å². The summed E-state index contributed by atoms with van der Waals surface area (Å²) < 4.78 is 8.38. The Bertz CT molecular complexity index is 1320. The summed E-state index contributed by atoms with van der Waals surface area (Å²) in [7, 11) is 0. The van der Waals surface area contributed by atoms with E-state index in [-0.39, 0.29) is 5.91 Å². The fourth-order valence-corrected chi connectivity index (χ4v) is 4.90. The molecule has 0 bridgehead atoms. The molecule has 0 spiro atoms. The number of rotatable bonds is 15. The molecule has 0 saturated carbocycles.